The number of carbonyl (C=O) groups is 1. The van der Waals surface area contributed by atoms with Crippen LogP contribution in [0.25, 0.3) is 0 Å². The van der Waals surface area contributed by atoms with Crippen molar-refractivity contribution in [3.63, 3.8) is 0 Å². The third-order valence-corrected chi connectivity index (χ3v) is 2.21. The molecular formula is C8H8BrNO3. The van der Waals surface area contributed by atoms with Gasteiger partial charge in [-0.1, -0.05) is 0 Å². The summed E-state index contributed by atoms with van der Waals surface area (Å²) < 4.78 is 5.00. The van der Waals surface area contributed by atoms with Crippen LogP contribution in [0.15, 0.2) is 16.6 Å². The van der Waals surface area contributed by atoms with Gasteiger partial charge in [-0.2, -0.15) is 0 Å². The predicted molar refractivity (Wildman–Crippen MR) is 51.6 cm³/mol. The largest absolute Gasteiger partial charge is 0.507 e. The fraction of sp³-hybridized carbons (Fsp3) is 0.125. The van der Waals surface area contributed by atoms with E-state index in [0.29, 0.717) is 10.2 Å². The van der Waals surface area contributed by atoms with E-state index in [-0.39, 0.29) is 11.3 Å². The summed E-state index contributed by atoms with van der Waals surface area (Å²) in [5.74, 6) is -0.786. The molecule has 1 aromatic carbocycles. The number of phenolic OH excluding ortho intramolecular Hbond substituents is 1. The first-order valence-electron chi connectivity index (χ1n) is 3.42. The number of rotatable bonds is 1. The van der Waals surface area contributed by atoms with E-state index in [9.17, 15) is 9.90 Å². The van der Waals surface area contributed by atoms with E-state index in [4.69, 9.17) is 5.73 Å². The Hall–Kier alpha value is -1.23. The lowest BCUT2D eigenvalue weighted by atomic mass is 10.2. The van der Waals surface area contributed by atoms with Crippen molar-refractivity contribution in [1.82, 2.24) is 0 Å². The summed E-state index contributed by atoms with van der Waals surface area (Å²) in [6.45, 7) is 0. The van der Waals surface area contributed by atoms with Gasteiger partial charge in [-0.25, -0.2) is 4.79 Å². The van der Waals surface area contributed by atoms with Crippen LogP contribution in [0.2, 0.25) is 0 Å². The van der Waals surface area contributed by atoms with Gasteiger partial charge >= 0.3 is 5.97 Å². The quantitative estimate of drug-likeness (QED) is 0.582. The number of methoxy groups -OCH3 is 1. The highest BCUT2D eigenvalue weighted by molar-refractivity contribution is 9.10. The number of ether oxygens (including phenoxy) is 1. The highest BCUT2D eigenvalue weighted by Gasteiger charge is 2.13. The Bertz CT molecular complexity index is 351. The molecule has 0 spiro atoms. The van der Waals surface area contributed by atoms with Crippen LogP contribution in [0.1, 0.15) is 10.4 Å². The van der Waals surface area contributed by atoms with Gasteiger partial charge in [0.2, 0.25) is 0 Å². The number of hydrogen-bond acceptors (Lipinski definition) is 4. The van der Waals surface area contributed by atoms with Gasteiger partial charge in [-0.3, -0.25) is 0 Å². The van der Waals surface area contributed by atoms with Crippen molar-refractivity contribution in [3.05, 3.63) is 22.2 Å². The van der Waals surface area contributed by atoms with Crippen LogP contribution in [0.3, 0.4) is 0 Å². The van der Waals surface area contributed by atoms with Crippen LogP contribution in [0, 0.1) is 0 Å². The molecule has 13 heavy (non-hydrogen) atoms. The summed E-state index contributed by atoms with van der Waals surface area (Å²) >= 11 is 3.13. The molecule has 0 aliphatic heterocycles. The molecule has 0 atom stereocenters. The van der Waals surface area contributed by atoms with Crippen molar-refractivity contribution in [2.24, 2.45) is 0 Å². The molecule has 0 saturated heterocycles. The molecule has 4 nitrogen and oxygen atoms in total. The minimum absolute atomic E-state index is 0.0866. The second-order valence-corrected chi connectivity index (χ2v) is 3.24. The van der Waals surface area contributed by atoms with Crippen LogP contribution >= 0.6 is 15.9 Å². The Kier molecular flexibility index (Phi) is 2.77. The van der Waals surface area contributed by atoms with E-state index in [1.807, 2.05) is 0 Å². The van der Waals surface area contributed by atoms with Gasteiger partial charge in [0.1, 0.15) is 11.3 Å². The maximum absolute atomic E-state index is 11.1. The zero-order chi connectivity index (χ0) is 10.0. The van der Waals surface area contributed by atoms with E-state index in [0.717, 1.165) is 0 Å². The number of halogens is 1. The van der Waals surface area contributed by atoms with Crippen molar-refractivity contribution in [2.75, 3.05) is 12.8 Å². The van der Waals surface area contributed by atoms with Crippen molar-refractivity contribution in [2.45, 2.75) is 0 Å². The molecule has 0 amide bonds. The lowest BCUT2D eigenvalue weighted by molar-refractivity contribution is 0.0597. The molecule has 1 rings (SSSR count). The minimum Gasteiger partial charge on any atom is -0.507 e. The number of anilines is 1. The number of esters is 1. The summed E-state index contributed by atoms with van der Waals surface area (Å²) in [5.41, 5.74) is 5.92. The molecule has 5 heteroatoms. The maximum Gasteiger partial charge on any atom is 0.341 e. The maximum atomic E-state index is 11.1. The Morgan fingerprint density at radius 3 is 2.77 bits per heavy atom. The summed E-state index contributed by atoms with van der Waals surface area (Å²) in [7, 11) is 1.24. The van der Waals surface area contributed by atoms with E-state index < -0.39 is 5.97 Å². The second kappa shape index (κ2) is 3.66. The van der Waals surface area contributed by atoms with Crippen molar-refractivity contribution < 1.29 is 14.6 Å². The monoisotopic (exact) mass is 245 g/mol. The van der Waals surface area contributed by atoms with Gasteiger partial charge in [0, 0.05) is 16.2 Å². The first-order chi connectivity index (χ1) is 6.06. The third-order valence-electron chi connectivity index (χ3n) is 1.52. The molecule has 0 aromatic heterocycles. The number of aromatic hydroxyl groups is 1. The minimum atomic E-state index is -0.599. The summed E-state index contributed by atoms with van der Waals surface area (Å²) in [5, 5.41) is 9.32. The van der Waals surface area contributed by atoms with Crippen LogP contribution < -0.4 is 5.73 Å². The van der Waals surface area contributed by atoms with Crippen LogP contribution in [-0.2, 0) is 4.74 Å². The Labute approximate surface area is 83.4 Å². The lowest BCUT2D eigenvalue weighted by Gasteiger charge is -2.04. The van der Waals surface area contributed by atoms with Gasteiger partial charge in [0.25, 0.3) is 0 Å². The molecule has 1 aromatic rings. The zero-order valence-corrected chi connectivity index (χ0v) is 8.46. The lowest BCUT2D eigenvalue weighted by Crippen LogP contribution is -2.02. The standard InChI is InChI=1S/C8H8BrNO3/c1-13-8(12)4-2-5(9)6(10)3-7(4)11/h2-3,11H,10H2,1H3. The zero-order valence-electron chi connectivity index (χ0n) is 6.87. The topological polar surface area (TPSA) is 72.5 Å². The second-order valence-electron chi connectivity index (χ2n) is 2.38. The predicted octanol–water partition coefficient (Wildman–Crippen LogP) is 1.52. The van der Waals surface area contributed by atoms with Gasteiger partial charge in [-0.15, -0.1) is 0 Å². The van der Waals surface area contributed by atoms with E-state index in [1.54, 1.807) is 0 Å². The van der Waals surface area contributed by atoms with Gasteiger partial charge in [0.15, 0.2) is 0 Å². The molecule has 0 bridgehead atoms. The number of carbonyl (C=O) groups excluding carboxylic acids is 1. The highest BCUT2D eigenvalue weighted by atomic mass is 79.9. The molecule has 0 unspecified atom stereocenters. The smallest absolute Gasteiger partial charge is 0.341 e. The van der Waals surface area contributed by atoms with Crippen molar-refractivity contribution in [3.8, 4) is 5.75 Å². The Balaban J connectivity index is 3.23. The Morgan fingerprint density at radius 2 is 2.23 bits per heavy atom. The number of nitrogen functional groups attached to an aromatic ring is 1. The van der Waals surface area contributed by atoms with E-state index >= 15 is 0 Å². The van der Waals surface area contributed by atoms with Crippen LogP contribution in [-0.4, -0.2) is 18.2 Å². The molecule has 3 N–H and O–H groups in total. The van der Waals surface area contributed by atoms with Crippen molar-refractivity contribution in [1.29, 1.82) is 0 Å². The molecule has 0 aliphatic carbocycles. The fourth-order valence-corrected chi connectivity index (χ4v) is 1.19. The molecular weight excluding hydrogens is 238 g/mol. The molecule has 0 saturated carbocycles. The molecule has 0 aliphatic rings. The van der Waals surface area contributed by atoms with Gasteiger partial charge in [-0.05, 0) is 22.0 Å². The molecule has 0 fully saturated rings. The normalized spacial score (nSPS) is 9.69. The van der Waals surface area contributed by atoms with Gasteiger partial charge in [0.05, 0.1) is 7.11 Å². The highest BCUT2D eigenvalue weighted by Crippen LogP contribution is 2.28. The molecule has 0 radical (unpaired) electrons. The third kappa shape index (κ3) is 1.92. The van der Waals surface area contributed by atoms with Crippen LogP contribution in [0.4, 0.5) is 5.69 Å². The molecule has 70 valence electrons. The number of benzene rings is 1. The van der Waals surface area contributed by atoms with Crippen LogP contribution in [0.5, 0.6) is 5.75 Å². The first kappa shape index (κ1) is 9.85. The van der Waals surface area contributed by atoms with Gasteiger partial charge < -0.3 is 15.6 Å². The Morgan fingerprint density at radius 1 is 1.62 bits per heavy atom. The number of phenols is 1. The summed E-state index contributed by atoms with van der Waals surface area (Å²) in [6.07, 6.45) is 0. The fourth-order valence-electron chi connectivity index (χ4n) is 0.851. The van der Waals surface area contributed by atoms with E-state index in [2.05, 4.69) is 20.7 Å². The number of hydrogen-bond donors (Lipinski definition) is 2. The average molecular weight is 246 g/mol. The summed E-state index contributed by atoms with van der Waals surface area (Å²) in [4.78, 5) is 11.1. The SMILES string of the molecule is COC(=O)c1cc(Br)c(N)cc1O. The summed E-state index contributed by atoms with van der Waals surface area (Å²) in [6, 6.07) is 2.70. The average Bonchev–Trinajstić information content (AvgIpc) is 2.10. The number of nitrogens with two attached hydrogens (primary N) is 1. The van der Waals surface area contributed by atoms with E-state index in [1.165, 1.54) is 19.2 Å². The van der Waals surface area contributed by atoms with Crippen molar-refractivity contribution >= 4 is 27.6 Å². The molecule has 0 heterocycles. The first-order valence-corrected chi connectivity index (χ1v) is 4.22.